The summed E-state index contributed by atoms with van der Waals surface area (Å²) in [5, 5.41) is 11.9. The summed E-state index contributed by atoms with van der Waals surface area (Å²) < 4.78 is 5.05. The molecule has 1 unspecified atom stereocenters. The minimum Gasteiger partial charge on any atom is -0.497 e. The molecule has 0 bridgehead atoms. The van der Waals surface area contributed by atoms with Crippen molar-refractivity contribution in [1.29, 1.82) is 0 Å². The highest BCUT2D eigenvalue weighted by atomic mass is 35.5. The number of carboxylic acids is 1. The van der Waals surface area contributed by atoms with Crippen molar-refractivity contribution in [3.05, 3.63) is 29.8 Å². The highest BCUT2D eigenvalue weighted by Gasteiger charge is 2.18. The number of carbonyl (C=O) groups is 1. The van der Waals surface area contributed by atoms with Crippen molar-refractivity contribution >= 4 is 18.4 Å². The van der Waals surface area contributed by atoms with Gasteiger partial charge < -0.3 is 15.2 Å². The van der Waals surface area contributed by atoms with Gasteiger partial charge in [-0.2, -0.15) is 0 Å². The number of carboxylic acid groups (broad SMARTS) is 1. The van der Waals surface area contributed by atoms with Gasteiger partial charge >= 0.3 is 5.97 Å². The van der Waals surface area contributed by atoms with Crippen LogP contribution in [-0.2, 0) is 4.79 Å². The number of rotatable bonds is 5. The second-order valence-electron chi connectivity index (χ2n) is 3.23. The molecule has 0 spiro atoms. The molecule has 90 valence electrons. The molecule has 0 heterocycles. The lowest BCUT2D eigenvalue weighted by molar-refractivity contribution is -0.138. The Morgan fingerprint density at radius 3 is 2.75 bits per heavy atom. The zero-order chi connectivity index (χ0) is 11.3. The molecule has 1 aromatic carbocycles. The Morgan fingerprint density at radius 2 is 2.25 bits per heavy atom. The van der Waals surface area contributed by atoms with Crippen LogP contribution in [0.1, 0.15) is 11.5 Å². The second kappa shape index (κ2) is 7.09. The maximum Gasteiger partial charge on any atom is 0.312 e. The lowest BCUT2D eigenvalue weighted by atomic mass is 9.99. The number of aliphatic carboxylic acids is 1. The smallest absolute Gasteiger partial charge is 0.312 e. The molecule has 0 saturated carbocycles. The monoisotopic (exact) mass is 245 g/mol. The molecule has 2 N–H and O–H groups in total. The van der Waals surface area contributed by atoms with Gasteiger partial charge in [0.2, 0.25) is 0 Å². The van der Waals surface area contributed by atoms with Crippen LogP contribution in [0.3, 0.4) is 0 Å². The summed E-state index contributed by atoms with van der Waals surface area (Å²) in [6, 6.07) is 7.12. The molecule has 0 aliphatic rings. The van der Waals surface area contributed by atoms with E-state index in [4.69, 9.17) is 9.84 Å². The summed E-state index contributed by atoms with van der Waals surface area (Å²) in [6.07, 6.45) is 0. The number of likely N-dealkylation sites (N-methyl/N-ethyl adjacent to an activating group) is 1. The van der Waals surface area contributed by atoms with Crippen LogP contribution in [0.15, 0.2) is 24.3 Å². The zero-order valence-corrected chi connectivity index (χ0v) is 10.1. The average molecular weight is 246 g/mol. The van der Waals surface area contributed by atoms with E-state index < -0.39 is 11.9 Å². The Hall–Kier alpha value is -1.26. The van der Waals surface area contributed by atoms with Gasteiger partial charge in [0.25, 0.3) is 0 Å². The highest BCUT2D eigenvalue weighted by Crippen LogP contribution is 2.20. The largest absolute Gasteiger partial charge is 0.497 e. The standard InChI is InChI=1S/C11H15NO3.ClH/c1-12-7-10(11(13)14)8-4-3-5-9(6-8)15-2;/h3-6,10,12H,7H2,1-2H3,(H,13,14);1H. The van der Waals surface area contributed by atoms with Crippen molar-refractivity contribution in [1.82, 2.24) is 5.32 Å². The van der Waals surface area contributed by atoms with Crippen LogP contribution in [0.2, 0.25) is 0 Å². The Balaban J connectivity index is 0.00000225. The Bertz CT molecular complexity index is 344. The predicted molar refractivity (Wildman–Crippen MR) is 64.5 cm³/mol. The van der Waals surface area contributed by atoms with E-state index in [1.54, 1.807) is 38.4 Å². The third-order valence-corrected chi connectivity index (χ3v) is 2.20. The van der Waals surface area contributed by atoms with Crippen LogP contribution < -0.4 is 10.1 Å². The minimum absolute atomic E-state index is 0. The molecular weight excluding hydrogens is 230 g/mol. The first kappa shape index (κ1) is 14.7. The van der Waals surface area contributed by atoms with E-state index in [1.165, 1.54) is 0 Å². The molecule has 1 rings (SSSR count). The van der Waals surface area contributed by atoms with E-state index >= 15 is 0 Å². The fourth-order valence-electron chi connectivity index (χ4n) is 1.41. The van der Waals surface area contributed by atoms with Crippen LogP contribution >= 0.6 is 12.4 Å². The normalized spacial score (nSPS) is 11.4. The first-order valence-corrected chi connectivity index (χ1v) is 4.70. The summed E-state index contributed by atoms with van der Waals surface area (Å²) in [6.45, 7) is 0.405. The summed E-state index contributed by atoms with van der Waals surface area (Å²) in [5.41, 5.74) is 0.746. The van der Waals surface area contributed by atoms with Crippen molar-refractivity contribution < 1.29 is 14.6 Å². The molecule has 0 aliphatic carbocycles. The third-order valence-electron chi connectivity index (χ3n) is 2.20. The first-order chi connectivity index (χ1) is 7.19. The molecular formula is C11H16ClNO3. The molecule has 1 atom stereocenters. The van der Waals surface area contributed by atoms with Gasteiger partial charge in [0, 0.05) is 6.54 Å². The fourth-order valence-corrected chi connectivity index (χ4v) is 1.41. The van der Waals surface area contributed by atoms with Gasteiger partial charge in [-0.25, -0.2) is 0 Å². The number of benzene rings is 1. The molecule has 0 amide bonds. The number of nitrogens with one attached hydrogen (secondary N) is 1. The van der Waals surface area contributed by atoms with Crippen LogP contribution in [0.4, 0.5) is 0 Å². The van der Waals surface area contributed by atoms with Gasteiger partial charge in [-0.1, -0.05) is 12.1 Å². The molecule has 16 heavy (non-hydrogen) atoms. The SMILES string of the molecule is CNCC(C(=O)O)c1cccc(OC)c1.Cl. The zero-order valence-electron chi connectivity index (χ0n) is 9.27. The van der Waals surface area contributed by atoms with Crippen molar-refractivity contribution in [2.45, 2.75) is 5.92 Å². The topological polar surface area (TPSA) is 58.6 Å². The molecule has 5 heteroatoms. The molecule has 0 fully saturated rings. The van der Waals surface area contributed by atoms with Crippen molar-refractivity contribution in [3.8, 4) is 5.75 Å². The number of hydrogen-bond donors (Lipinski definition) is 2. The quantitative estimate of drug-likeness (QED) is 0.826. The van der Waals surface area contributed by atoms with E-state index in [2.05, 4.69) is 5.32 Å². The maximum absolute atomic E-state index is 11.0. The first-order valence-electron chi connectivity index (χ1n) is 4.70. The van der Waals surface area contributed by atoms with Gasteiger partial charge in [-0.05, 0) is 24.7 Å². The van der Waals surface area contributed by atoms with Crippen LogP contribution in [0.25, 0.3) is 0 Å². The van der Waals surface area contributed by atoms with Crippen LogP contribution in [0, 0.1) is 0 Å². The summed E-state index contributed by atoms with van der Waals surface area (Å²) in [4.78, 5) is 11.0. The predicted octanol–water partition coefficient (Wildman–Crippen LogP) is 1.50. The molecule has 1 aromatic rings. The van der Waals surface area contributed by atoms with Crippen molar-refractivity contribution in [2.24, 2.45) is 0 Å². The fraction of sp³-hybridized carbons (Fsp3) is 0.364. The molecule has 4 nitrogen and oxygen atoms in total. The van der Waals surface area contributed by atoms with Crippen molar-refractivity contribution in [3.63, 3.8) is 0 Å². The van der Waals surface area contributed by atoms with E-state index in [0.717, 1.165) is 5.56 Å². The lowest BCUT2D eigenvalue weighted by Crippen LogP contribution is -2.24. The Labute approximate surface area is 101 Å². The molecule has 0 saturated heterocycles. The molecule has 0 aliphatic heterocycles. The summed E-state index contributed by atoms with van der Waals surface area (Å²) >= 11 is 0. The van der Waals surface area contributed by atoms with E-state index in [9.17, 15) is 4.79 Å². The number of hydrogen-bond acceptors (Lipinski definition) is 3. The Kier molecular flexibility index (Phi) is 6.53. The van der Waals surface area contributed by atoms with E-state index in [0.29, 0.717) is 12.3 Å². The maximum atomic E-state index is 11.0. The van der Waals surface area contributed by atoms with Crippen molar-refractivity contribution in [2.75, 3.05) is 20.7 Å². The summed E-state index contributed by atoms with van der Waals surface area (Å²) in [5.74, 6) is -0.697. The number of ether oxygens (including phenoxy) is 1. The third kappa shape index (κ3) is 3.72. The summed E-state index contributed by atoms with van der Waals surface area (Å²) in [7, 11) is 3.29. The minimum atomic E-state index is -0.836. The van der Waals surface area contributed by atoms with Gasteiger partial charge in [0.1, 0.15) is 5.75 Å². The highest BCUT2D eigenvalue weighted by molar-refractivity contribution is 5.85. The Morgan fingerprint density at radius 1 is 1.56 bits per heavy atom. The van der Waals surface area contributed by atoms with Gasteiger partial charge in [-0.15, -0.1) is 12.4 Å². The lowest BCUT2D eigenvalue weighted by Gasteiger charge is -2.12. The van der Waals surface area contributed by atoms with Gasteiger partial charge in [0.05, 0.1) is 13.0 Å². The van der Waals surface area contributed by atoms with E-state index in [1.807, 2.05) is 0 Å². The van der Waals surface area contributed by atoms with E-state index in [-0.39, 0.29) is 12.4 Å². The van der Waals surface area contributed by atoms with Crippen LogP contribution in [-0.4, -0.2) is 31.8 Å². The van der Waals surface area contributed by atoms with Crippen LogP contribution in [0.5, 0.6) is 5.75 Å². The number of halogens is 1. The average Bonchev–Trinajstić information content (AvgIpc) is 2.25. The number of methoxy groups -OCH3 is 1. The van der Waals surface area contributed by atoms with Gasteiger partial charge in [0.15, 0.2) is 0 Å². The second-order valence-corrected chi connectivity index (χ2v) is 3.23. The molecule has 0 radical (unpaired) electrons. The molecule has 0 aromatic heterocycles. The van der Waals surface area contributed by atoms with Gasteiger partial charge in [-0.3, -0.25) is 4.79 Å².